The highest BCUT2D eigenvalue weighted by Crippen LogP contribution is 2.23. The Morgan fingerprint density at radius 2 is 2.41 bits per heavy atom. The number of aliphatic hydroxyl groups excluding tert-OH is 1. The molecule has 0 aliphatic carbocycles. The molecule has 1 aliphatic heterocycles. The highest BCUT2D eigenvalue weighted by atomic mass is 35.5. The second kappa shape index (κ2) is 6.16. The molecule has 17 heavy (non-hydrogen) atoms. The van der Waals surface area contributed by atoms with Gasteiger partial charge in [-0.15, -0.1) is 11.3 Å². The van der Waals surface area contributed by atoms with E-state index < -0.39 is 0 Å². The first-order valence-electron chi connectivity index (χ1n) is 5.83. The molecule has 2 heterocycles. The Balaban J connectivity index is 1.82. The van der Waals surface area contributed by atoms with Gasteiger partial charge in [0.2, 0.25) is 0 Å². The van der Waals surface area contributed by atoms with Gasteiger partial charge in [-0.05, 0) is 25.6 Å². The van der Waals surface area contributed by atoms with Crippen molar-refractivity contribution in [2.24, 2.45) is 5.92 Å². The summed E-state index contributed by atoms with van der Waals surface area (Å²) in [5.41, 5.74) is 0. The van der Waals surface area contributed by atoms with Crippen LogP contribution in [0.15, 0.2) is 12.1 Å². The van der Waals surface area contributed by atoms with Crippen LogP contribution in [0.1, 0.15) is 11.3 Å². The fourth-order valence-corrected chi connectivity index (χ4v) is 3.30. The number of ether oxygens (including phenoxy) is 1. The van der Waals surface area contributed by atoms with Crippen LogP contribution in [-0.4, -0.2) is 42.9 Å². The molecule has 0 saturated carbocycles. The molecule has 96 valence electrons. The van der Waals surface area contributed by atoms with Gasteiger partial charge in [0.15, 0.2) is 0 Å². The highest BCUT2D eigenvalue weighted by molar-refractivity contribution is 7.16. The summed E-state index contributed by atoms with van der Waals surface area (Å²) < 4.78 is 6.23. The third kappa shape index (κ3) is 3.93. The molecular formula is C12H18ClNO2S. The van der Waals surface area contributed by atoms with Crippen molar-refractivity contribution in [2.75, 3.05) is 26.8 Å². The van der Waals surface area contributed by atoms with E-state index in [0.29, 0.717) is 13.2 Å². The van der Waals surface area contributed by atoms with Gasteiger partial charge in [0.25, 0.3) is 0 Å². The van der Waals surface area contributed by atoms with Crippen LogP contribution in [0.5, 0.6) is 0 Å². The van der Waals surface area contributed by atoms with Gasteiger partial charge in [-0.2, -0.15) is 0 Å². The molecule has 0 spiro atoms. The van der Waals surface area contributed by atoms with Crippen molar-refractivity contribution in [3.63, 3.8) is 0 Å². The molecule has 1 aromatic rings. The van der Waals surface area contributed by atoms with Gasteiger partial charge in [-0.1, -0.05) is 11.6 Å². The van der Waals surface area contributed by atoms with Crippen molar-refractivity contribution in [3.05, 3.63) is 21.3 Å². The molecule has 2 unspecified atom stereocenters. The molecular weight excluding hydrogens is 258 g/mol. The molecule has 0 radical (unpaired) electrons. The van der Waals surface area contributed by atoms with Gasteiger partial charge in [0.1, 0.15) is 0 Å². The van der Waals surface area contributed by atoms with E-state index in [1.807, 2.05) is 6.07 Å². The van der Waals surface area contributed by atoms with E-state index in [4.69, 9.17) is 16.3 Å². The van der Waals surface area contributed by atoms with Crippen LogP contribution in [0.25, 0.3) is 0 Å². The van der Waals surface area contributed by atoms with Crippen LogP contribution in [0.3, 0.4) is 0 Å². The van der Waals surface area contributed by atoms with Crippen molar-refractivity contribution >= 4 is 22.9 Å². The minimum Gasteiger partial charge on any atom is -0.393 e. The first kappa shape index (κ1) is 13.3. The van der Waals surface area contributed by atoms with E-state index in [1.165, 1.54) is 4.88 Å². The monoisotopic (exact) mass is 275 g/mol. The number of halogens is 1. The molecule has 0 amide bonds. The molecule has 0 bridgehead atoms. The van der Waals surface area contributed by atoms with Gasteiger partial charge in [-0.3, -0.25) is 0 Å². The molecule has 1 aromatic heterocycles. The molecule has 0 aromatic carbocycles. The van der Waals surface area contributed by atoms with Gasteiger partial charge in [-0.25, -0.2) is 0 Å². The lowest BCUT2D eigenvalue weighted by Gasteiger charge is -2.31. The molecule has 5 heteroatoms. The zero-order valence-corrected chi connectivity index (χ0v) is 11.5. The zero-order chi connectivity index (χ0) is 12.3. The number of aliphatic hydroxyl groups is 1. The molecule has 2 rings (SSSR count). The van der Waals surface area contributed by atoms with Crippen molar-refractivity contribution in [2.45, 2.75) is 19.1 Å². The number of hydrogen-bond donors (Lipinski definition) is 1. The Labute approximate surface area is 111 Å². The number of rotatable bonds is 4. The first-order valence-corrected chi connectivity index (χ1v) is 7.03. The third-order valence-electron chi connectivity index (χ3n) is 3.03. The van der Waals surface area contributed by atoms with Crippen LogP contribution < -0.4 is 0 Å². The van der Waals surface area contributed by atoms with Crippen LogP contribution in [0, 0.1) is 5.92 Å². The predicted molar refractivity (Wildman–Crippen MR) is 70.6 cm³/mol. The minimum atomic E-state index is -0.224. The Morgan fingerprint density at radius 1 is 1.59 bits per heavy atom. The summed E-state index contributed by atoms with van der Waals surface area (Å²) in [7, 11) is 2.06. The summed E-state index contributed by atoms with van der Waals surface area (Å²) >= 11 is 7.51. The average Bonchev–Trinajstić information content (AvgIpc) is 2.67. The number of nitrogens with zero attached hydrogens (tertiary/aromatic N) is 1. The predicted octanol–water partition coefficient (Wildman–Crippen LogP) is 2.23. The topological polar surface area (TPSA) is 32.7 Å². The summed E-state index contributed by atoms with van der Waals surface area (Å²) in [6, 6.07) is 3.98. The van der Waals surface area contributed by atoms with E-state index >= 15 is 0 Å². The average molecular weight is 276 g/mol. The number of thiophene rings is 1. The Hall–Kier alpha value is -0.130. The maximum atomic E-state index is 9.86. The highest BCUT2D eigenvalue weighted by Gasteiger charge is 2.24. The summed E-state index contributed by atoms with van der Waals surface area (Å²) in [4.78, 5) is 3.47. The zero-order valence-electron chi connectivity index (χ0n) is 9.93. The van der Waals surface area contributed by atoms with Gasteiger partial charge in [0.05, 0.1) is 17.0 Å². The Morgan fingerprint density at radius 3 is 3.06 bits per heavy atom. The van der Waals surface area contributed by atoms with E-state index in [9.17, 15) is 5.11 Å². The maximum absolute atomic E-state index is 9.86. The van der Waals surface area contributed by atoms with E-state index in [-0.39, 0.29) is 12.0 Å². The lowest BCUT2D eigenvalue weighted by atomic mass is 9.98. The molecule has 3 nitrogen and oxygen atoms in total. The standard InChI is InChI=1S/C12H18ClNO2S/c1-14(7-10-2-3-12(13)17-10)6-9-8-16-5-4-11(9)15/h2-3,9,11,15H,4-8H2,1H3. The smallest absolute Gasteiger partial charge is 0.0931 e. The Kier molecular flexibility index (Phi) is 4.82. The Bertz CT molecular complexity index is 358. The fourth-order valence-electron chi connectivity index (χ4n) is 2.13. The van der Waals surface area contributed by atoms with E-state index in [0.717, 1.165) is 23.8 Å². The van der Waals surface area contributed by atoms with Crippen LogP contribution in [0.2, 0.25) is 4.34 Å². The molecule has 1 fully saturated rings. The lowest BCUT2D eigenvalue weighted by Crippen LogP contribution is -2.39. The lowest BCUT2D eigenvalue weighted by molar-refractivity contribution is -0.0450. The summed E-state index contributed by atoms with van der Waals surface area (Å²) in [6.45, 7) is 3.08. The number of hydrogen-bond acceptors (Lipinski definition) is 4. The molecule has 1 N–H and O–H groups in total. The summed E-state index contributed by atoms with van der Waals surface area (Å²) in [5, 5.41) is 9.86. The minimum absolute atomic E-state index is 0.224. The van der Waals surface area contributed by atoms with Crippen molar-refractivity contribution in [3.8, 4) is 0 Å². The quantitative estimate of drug-likeness (QED) is 0.915. The molecule has 1 aliphatic rings. The third-order valence-corrected chi connectivity index (χ3v) is 4.25. The SMILES string of the molecule is CN(Cc1ccc(Cl)s1)CC1COCCC1O. The van der Waals surface area contributed by atoms with Gasteiger partial charge >= 0.3 is 0 Å². The van der Waals surface area contributed by atoms with E-state index in [2.05, 4.69) is 18.0 Å². The van der Waals surface area contributed by atoms with Crippen molar-refractivity contribution < 1.29 is 9.84 Å². The largest absolute Gasteiger partial charge is 0.393 e. The summed E-state index contributed by atoms with van der Waals surface area (Å²) in [5.74, 6) is 0.226. The van der Waals surface area contributed by atoms with E-state index in [1.54, 1.807) is 11.3 Å². The van der Waals surface area contributed by atoms with Crippen LogP contribution in [0.4, 0.5) is 0 Å². The fraction of sp³-hybridized carbons (Fsp3) is 0.667. The van der Waals surface area contributed by atoms with Crippen molar-refractivity contribution in [1.29, 1.82) is 0 Å². The van der Waals surface area contributed by atoms with Gasteiger partial charge in [0, 0.05) is 30.5 Å². The van der Waals surface area contributed by atoms with Crippen LogP contribution in [-0.2, 0) is 11.3 Å². The molecule has 1 saturated heterocycles. The molecule has 2 atom stereocenters. The van der Waals surface area contributed by atoms with Gasteiger partial charge < -0.3 is 14.7 Å². The second-order valence-corrected chi connectivity index (χ2v) is 6.39. The first-order chi connectivity index (χ1) is 8.15. The second-order valence-electron chi connectivity index (χ2n) is 4.59. The maximum Gasteiger partial charge on any atom is 0.0931 e. The normalized spacial score (nSPS) is 25.4. The summed E-state index contributed by atoms with van der Waals surface area (Å²) in [6.07, 6.45) is 0.529. The van der Waals surface area contributed by atoms with Crippen molar-refractivity contribution in [1.82, 2.24) is 4.90 Å². The van der Waals surface area contributed by atoms with Crippen LogP contribution >= 0.6 is 22.9 Å².